The van der Waals surface area contributed by atoms with Gasteiger partial charge in [-0.25, -0.2) is 4.68 Å². The van der Waals surface area contributed by atoms with Gasteiger partial charge in [-0.3, -0.25) is 0 Å². The Kier molecular flexibility index (Phi) is 3.77. The molecular formula is C11H20N4O. The Balaban J connectivity index is 1.80. The monoisotopic (exact) mass is 224 g/mol. The van der Waals surface area contributed by atoms with Gasteiger partial charge in [0.25, 0.3) is 0 Å². The molecular weight excluding hydrogens is 204 g/mol. The number of unbranched alkanes of at least 4 members (excludes halogenated alkanes) is 1. The van der Waals surface area contributed by atoms with Gasteiger partial charge in [-0.1, -0.05) is 18.6 Å². The van der Waals surface area contributed by atoms with Crippen LogP contribution in [0.2, 0.25) is 0 Å². The molecule has 0 aromatic carbocycles. The van der Waals surface area contributed by atoms with E-state index < -0.39 is 0 Å². The van der Waals surface area contributed by atoms with E-state index in [1.54, 1.807) is 0 Å². The van der Waals surface area contributed by atoms with E-state index >= 15 is 0 Å². The van der Waals surface area contributed by atoms with Gasteiger partial charge in [0, 0.05) is 12.5 Å². The highest BCUT2D eigenvalue weighted by Crippen LogP contribution is 2.41. The van der Waals surface area contributed by atoms with Gasteiger partial charge in [-0.2, -0.15) is 0 Å². The van der Waals surface area contributed by atoms with Gasteiger partial charge < -0.3 is 10.5 Å². The number of ether oxygens (including phenoxy) is 1. The summed E-state index contributed by atoms with van der Waals surface area (Å²) in [4.78, 5) is 0. The smallest absolute Gasteiger partial charge is 0.169 e. The molecule has 0 unspecified atom stereocenters. The number of nitrogens with two attached hydrogens (primary N) is 1. The topological polar surface area (TPSA) is 66.0 Å². The molecule has 1 aliphatic rings. The van der Waals surface area contributed by atoms with Gasteiger partial charge in [0.15, 0.2) is 5.82 Å². The number of aromatic nitrogens is 3. The number of nitrogen functional groups attached to an aromatic ring is 1. The number of anilines is 1. The second-order valence-corrected chi connectivity index (χ2v) is 4.32. The summed E-state index contributed by atoms with van der Waals surface area (Å²) < 4.78 is 7.41. The fraction of sp³-hybridized carbons (Fsp3) is 0.818. The Morgan fingerprint density at radius 2 is 2.25 bits per heavy atom. The maximum absolute atomic E-state index is 5.80. The lowest BCUT2D eigenvalue weighted by molar-refractivity contribution is 0.120. The molecule has 5 heteroatoms. The van der Waals surface area contributed by atoms with Gasteiger partial charge >= 0.3 is 0 Å². The molecule has 1 aromatic heterocycles. The molecule has 2 rings (SSSR count). The zero-order valence-corrected chi connectivity index (χ0v) is 9.85. The van der Waals surface area contributed by atoms with Crippen LogP contribution in [0, 0.1) is 0 Å². The summed E-state index contributed by atoms with van der Waals surface area (Å²) in [5.41, 5.74) is 6.91. The average Bonchev–Trinajstić information content (AvgIpc) is 3.04. The lowest BCUT2D eigenvalue weighted by atomic mass is 10.3. The van der Waals surface area contributed by atoms with Crippen molar-refractivity contribution in [3.63, 3.8) is 0 Å². The third kappa shape index (κ3) is 2.72. The summed E-state index contributed by atoms with van der Waals surface area (Å²) in [6.45, 7) is 4.45. The molecule has 2 N–H and O–H groups in total. The van der Waals surface area contributed by atoms with Crippen LogP contribution >= 0.6 is 0 Å². The van der Waals surface area contributed by atoms with Gasteiger partial charge in [-0.05, 0) is 19.3 Å². The van der Waals surface area contributed by atoms with Crippen molar-refractivity contribution >= 4 is 5.82 Å². The van der Waals surface area contributed by atoms with Crippen molar-refractivity contribution in [1.82, 2.24) is 15.0 Å². The van der Waals surface area contributed by atoms with Crippen molar-refractivity contribution in [2.75, 3.05) is 18.9 Å². The molecule has 1 fully saturated rings. The largest absolute Gasteiger partial charge is 0.381 e. The molecule has 0 amide bonds. The molecule has 5 nitrogen and oxygen atoms in total. The molecule has 0 spiro atoms. The molecule has 90 valence electrons. The minimum atomic E-state index is 0.589. The van der Waals surface area contributed by atoms with Crippen LogP contribution < -0.4 is 5.73 Å². The van der Waals surface area contributed by atoms with E-state index in [9.17, 15) is 0 Å². The van der Waals surface area contributed by atoms with Crippen LogP contribution in [0.25, 0.3) is 0 Å². The minimum Gasteiger partial charge on any atom is -0.381 e. The van der Waals surface area contributed by atoms with E-state index in [1.165, 1.54) is 19.3 Å². The maximum atomic E-state index is 5.80. The Labute approximate surface area is 96.0 Å². The zero-order valence-electron chi connectivity index (χ0n) is 9.85. The highest BCUT2D eigenvalue weighted by atomic mass is 16.5. The molecule has 1 aromatic rings. The highest BCUT2D eigenvalue weighted by molar-refractivity contribution is 5.38. The second kappa shape index (κ2) is 5.30. The molecule has 0 radical (unpaired) electrons. The lowest BCUT2D eigenvalue weighted by Gasteiger charge is -2.06. The van der Waals surface area contributed by atoms with Crippen LogP contribution in [-0.2, 0) is 11.3 Å². The first kappa shape index (κ1) is 11.4. The van der Waals surface area contributed by atoms with Crippen molar-refractivity contribution in [2.45, 2.75) is 45.1 Å². The summed E-state index contributed by atoms with van der Waals surface area (Å²) in [7, 11) is 0. The first-order chi connectivity index (χ1) is 7.83. The maximum Gasteiger partial charge on any atom is 0.169 e. The van der Waals surface area contributed by atoms with E-state index in [1.807, 2.05) is 4.68 Å². The number of nitrogens with zero attached hydrogens (tertiary/aromatic N) is 3. The lowest BCUT2D eigenvalue weighted by Crippen LogP contribution is -2.11. The van der Waals surface area contributed by atoms with E-state index in [-0.39, 0.29) is 0 Å². The molecule has 1 aliphatic carbocycles. The predicted molar refractivity (Wildman–Crippen MR) is 62.1 cm³/mol. The Bertz CT molecular complexity index is 333. The van der Waals surface area contributed by atoms with Crippen molar-refractivity contribution in [3.05, 3.63) is 5.69 Å². The van der Waals surface area contributed by atoms with Gasteiger partial charge in [-0.15, -0.1) is 5.10 Å². The second-order valence-electron chi connectivity index (χ2n) is 4.32. The SMILES string of the molecule is CCCCOCCn1nnc(N)c1C1CC1. The third-order valence-electron chi connectivity index (χ3n) is 2.85. The van der Waals surface area contributed by atoms with Crippen molar-refractivity contribution in [2.24, 2.45) is 0 Å². The van der Waals surface area contributed by atoms with Crippen LogP contribution in [0.4, 0.5) is 5.82 Å². The predicted octanol–water partition coefficient (Wildman–Crippen LogP) is 1.55. The summed E-state index contributed by atoms with van der Waals surface area (Å²) in [5.74, 6) is 1.18. The standard InChI is InChI=1S/C11H20N4O/c1-2-3-7-16-8-6-15-10(9-4-5-9)11(12)13-14-15/h9H,2-8,12H2,1H3. The fourth-order valence-electron chi connectivity index (χ4n) is 1.78. The Morgan fingerprint density at radius 1 is 1.44 bits per heavy atom. The van der Waals surface area contributed by atoms with Gasteiger partial charge in [0.05, 0.1) is 18.8 Å². The van der Waals surface area contributed by atoms with Crippen molar-refractivity contribution in [3.8, 4) is 0 Å². The number of hydrogen-bond acceptors (Lipinski definition) is 4. The molecule has 1 saturated carbocycles. The minimum absolute atomic E-state index is 0.589. The Morgan fingerprint density at radius 3 is 2.94 bits per heavy atom. The van der Waals surface area contributed by atoms with Gasteiger partial charge in [0.2, 0.25) is 0 Å². The average molecular weight is 224 g/mol. The molecule has 0 bridgehead atoms. The van der Waals surface area contributed by atoms with Crippen LogP contribution in [0.3, 0.4) is 0 Å². The van der Waals surface area contributed by atoms with Gasteiger partial charge in [0.1, 0.15) is 0 Å². The summed E-state index contributed by atoms with van der Waals surface area (Å²) in [6.07, 6.45) is 4.72. The zero-order chi connectivity index (χ0) is 11.4. The quantitative estimate of drug-likeness (QED) is 0.714. The first-order valence-electron chi connectivity index (χ1n) is 6.09. The van der Waals surface area contributed by atoms with Crippen LogP contribution in [-0.4, -0.2) is 28.2 Å². The molecule has 1 heterocycles. The normalized spacial score (nSPS) is 15.6. The van der Waals surface area contributed by atoms with Crippen molar-refractivity contribution in [1.29, 1.82) is 0 Å². The molecule has 16 heavy (non-hydrogen) atoms. The summed E-state index contributed by atoms with van der Waals surface area (Å²) >= 11 is 0. The fourth-order valence-corrected chi connectivity index (χ4v) is 1.78. The van der Waals surface area contributed by atoms with Crippen LogP contribution in [0.15, 0.2) is 0 Å². The van der Waals surface area contributed by atoms with E-state index in [4.69, 9.17) is 10.5 Å². The van der Waals surface area contributed by atoms with E-state index in [0.717, 1.165) is 25.3 Å². The Hall–Kier alpha value is -1.10. The van der Waals surface area contributed by atoms with E-state index in [0.29, 0.717) is 18.3 Å². The van der Waals surface area contributed by atoms with Crippen molar-refractivity contribution < 1.29 is 4.74 Å². The summed E-state index contributed by atoms with van der Waals surface area (Å²) in [5, 5.41) is 7.98. The summed E-state index contributed by atoms with van der Waals surface area (Å²) in [6, 6.07) is 0. The van der Waals surface area contributed by atoms with E-state index in [2.05, 4.69) is 17.2 Å². The molecule has 0 aliphatic heterocycles. The third-order valence-corrected chi connectivity index (χ3v) is 2.85. The molecule has 0 atom stereocenters. The van der Waals surface area contributed by atoms with Crippen LogP contribution in [0.5, 0.6) is 0 Å². The van der Waals surface area contributed by atoms with Crippen LogP contribution in [0.1, 0.15) is 44.2 Å². The molecule has 0 saturated heterocycles. The number of hydrogen-bond donors (Lipinski definition) is 1. The number of rotatable bonds is 7. The highest BCUT2D eigenvalue weighted by Gasteiger charge is 2.30. The first-order valence-corrected chi connectivity index (χ1v) is 6.09.